The van der Waals surface area contributed by atoms with Gasteiger partial charge in [0.2, 0.25) is 0 Å². The van der Waals surface area contributed by atoms with Crippen molar-refractivity contribution in [2.24, 2.45) is 5.73 Å². The number of aromatic hydroxyl groups is 1. The van der Waals surface area contributed by atoms with Crippen LogP contribution in [0.15, 0.2) is 30.3 Å². The highest BCUT2D eigenvalue weighted by Crippen LogP contribution is 2.52. The monoisotopic (exact) mass is 247 g/mol. The second kappa shape index (κ2) is 3.62. The fourth-order valence-corrected chi connectivity index (χ4v) is 2.73. The van der Waals surface area contributed by atoms with Gasteiger partial charge in [0.05, 0.1) is 0 Å². The standard InChI is InChI=1S/C14H14ClNO/c15-10-2-3-11-9(7-10)1-4-12(17)13(11)14(8-16)5-6-14/h1-4,7,17H,5-6,8,16H2. The van der Waals surface area contributed by atoms with E-state index in [-0.39, 0.29) is 5.41 Å². The molecule has 1 saturated carbocycles. The van der Waals surface area contributed by atoms with E-state index >= 15 is 0 Å². The molecular weight excluding hydrogens is 234 g/mol. The Kier molecular flexibility index (Phi) is 2.32. The second-order valence-corrected chi connectivity index (χ2v) is 5.25. The van der Waals surface area contributed by atoms with Crippen LogP contribution in [0.3, 0.4) is 0 Å². The van der Waals surface area contributed by atoms with E-state index in [0.717, 1.165) is 29.2 Å². The van der Waals surface area contributed by atoms with Gasteiger partial charge in [-0.3, -0.25) is 0 Å². The largest absolute Gasteiger partial charge is 0.508 e. The van der Waals surface area contributed by atoms with Crippen molar-refractivity contribution in [2.75, 3.05) is 6.54 Å². The number of rotatable bonds is 2. The van der Waals surface area contributed by atoms with E-state index < -0.39 is 0 Å². The summed E-state index contributed by atoms with van der Waals surface area (Å²) in [4.78, 5) is 0. The number of phenolic OH excluding ortho intramolecular Hbond substituents is 1. The SMILES string of the molecule is NCC1(c2c(O)ccc3cc(Cl)ccc23)CC1. The predicted molar refractivity (Wildman–Crippen MR) is 70.6 cm³/mol. The van der Waals surface area contributed by atoms with Crippen LogP contribution >= 0.6 is 11.6 Å². The van der Waals surface area contributed by atoms with Gasteiger partial charge in [0, 0.05) is 22.5 Å². The normalized spacial score (nSPS) is 17.3. The minimum atomic E-state index is -0.0164. The highest BCUT2D eigenvalue weighted by Gasteiger charge is 2.45. The Labute approximate surface area is 105 Å². The van der Waals surface area contributed by atoms with Gasteiger partial charge < -0.3 is 10.8 Å². The Hall–Kier alpha value is -1.25. The van der Waals surface area contributed by atoms with E-state index in [1.165, 1.54) is 0 Å². The molecule has 0 aliphatic heterocycles. The highest BCUT2D eigenvalue weighted by atomic mass is 35.5. The molecule has 3 N–H and O–H groups in total. The summed E-state index contributed by atoms with van der Waals surface area (Å²) in [5.41, 5.74) is 6.83. The molecule has 1 aliphatic carbocycles. The molecule has 2 aromatic carbocycles. The first-order valence-electron chi connectivity index (χ1n) is 5.78. The van der Waals surface area contributed by atoms with Crippen molar-refractivity contribution in [3.63, 3.8) is 0 Å². The van der Waals surface area contributed by atoms with Crippen LogP contribution in [0.1, 0.15) is 18.4 Å². The van der Waals surface area contributed by atoms with Crippen molar-refractivity contribution in [1.29, 1.82) is 0 Å². The molecular formula is C14H14ClNO. The van der Waals surface area contributed by atoms with E-state index in [9.17, 15) is 5.11 Å². The number of fused-ring (bicyclic) bond motifs is 1. The fourth-order valence-electron chi connectivity index (χ4n) is 2.55. The van der Waals surface area contributed by atoms with Gasteiger partial charge in [-0.05, 0) is 41.8 Å². The summed E-state index contributed by atoms with van der Waals surface area (Å²) in [6, 6.07) is 9.39. The van der Waals surface area contributed by atoms with Gasteiger partial charge in [0.1, 0.15) is 5.75 Å². The number of nitrogens with two attached hydrogens (primary N) is 1. The molecule has 0 aromatic heterocycles. The van der Waals surface area contributed by atoms with Gasteiger partial charge in [-0.2, -0.15) is 0 Å². The lowest BCUT2D eigenvalue weighted by Crippen LogP contribution is -2.20. The molecule has 88 valence electrons. The number of benzene rings is 2. The Morgan fingerprint density at radius 1 is 1.24 bits per heavy atom. The summed E-state index contributed by atoms with van der Waals surface area (Å²) in [5, 5.41) is 12.9. The Balaban J connectivity index is 2.32. The second-order valence-electron chi connectivity index (χ2n) is 4.81. The average Bonchev–Trinajstić information content (AvgIpc) is 3.10. The van der Waals surface area contributed by atoms with Crippen LogP contribution in [0.2, 0.25) is 5.02 Å². The average molecular weight is 248 g/mol. The number of halogens is 1. The Morgan fingerprint density at radius 2 is 2.00 bits per heavy atom. The molecule has 0 saturated heterocycles. The van der Waals surface area contributed by atoms with Gasteiger partial charge >= 0.3 is 0 Å². The van der Waals surface area contributed by atoms with E-state index in [1.807, 2.05) is 24.3 Å². The quantitative estimate of drug-likeness (QED) is 0.856. The van der Waals surface area contributed by atoms with Gasteiger partial charge in [0.25, 0.3) is 0 Å². The molecule has 2 nitrogen and oxygen atoms in total. The number of hydrogen-bond donors (Lipinski definition) is 2. The van der Waals surface area contributed by atoms with E-state index in [4.69, 9.17) is 17.3 Å². The lowest BCUT2D eigenvalue weighted by atomic mass is 9.90. The third kappa shape index (κ3) is 1.60. The number of hydrogen-bond acceptors (Lipinski definition) is 2. The maximum Gasteiger partial charge on any atom is 0.120 e. The molecule has 0 heterocycles. The van der Waals surface area contributed by atoms with Gasteiger partial charge in [0.15, 0.2) is 0 Å². The highest BCUT2D eigenvalue weighted by molar-refractivity contribution is 6.31. The molecule has 0 amide bonds. The van der Waals surface area contributed by atoms with E-state index in [2.05, 4.69) is 0 Å². The van der Waals surface area contributed by atoms with Crippen molar-refractivity contribution in [2.45, 2.75) is 18.3 Å². The molecule has 0 spiro atoms. The first kappa shape index (κ1) is 10.9. The molecule has 1 fully saturated rings. The van der Waals surface area contributed by atoms with Crippen LogP contribution in [0.25, 0.3) is 10.8 Å². The molecule has 3 heteroatoms. The summed E-state index contributed by atoms with van der Waals surface area (Å²) in [5.74, 6) is 0.350. The zero-order chi connectivity index (χ0) is 12.0. The third-order valence-corrected chi connectivity index (χ3v) is 3.97. The zero-order valence-electron chi connectivity index (χ0n) is 9.41. The zero-order valence-corrected chi connectivity index (χ0v) is 10.2. The summed E-state index contributed by atoms with van der Waals surface area (Å²) in [7, 11) is 0. The molecule has 1 aliphatic rings. The molecule has 0 unspecified atom stereocenters. The summed E-state index contributed by atoms with van der Waals surface area (Å²) in [6.07, 6.45) is 2.11. The van der Waals surface area contributed by atoms with Crippen molar-refractivity contribution >= 4 is 22.4 Å². The smallest absolute Gasteiger partial charge is 0.120 e. The maximum atomic E-state index is 10.1. The minimum Gasteiger partial charge on any atom is -0.508 e. The lowest BCUT2D eigenvalue weighted by molar-refractivity contribution is 0.461. The van der Waals surface area contributed by atoms with Gasteiger partial charge in [-0.25, -0.2) is 0 Å². The van der Waals surface area contributed by atoms with Crippen LogP contribution in [0, 0.1) is 0 Å². The molecule has 17 heavy (non-hydrogen) atoms. The van der Waals surface area contributed by atoms with Crippen LogP contribution < -0.4 is 5.73 Å². The van der Waals surface area contributed by atoms with Crippen LogP contribution in [0.4, 0.5) is 0 Å². The fraction of sp³-hybridized carbons (Fsp3) is 0.286. The first-order chi connectivity index (χ1) is 8.16. The molecule has 0 atom stereocenters. The van der Waals surface area contributed by atoms with E-state index in [0.29, 0.717) is 17.3 Å². The van der Waals surface area contributed by atoms with Crippen molar-refractivity contribution in [3.8, 4) is 5.75 Å². The van der Waals surface area contributed by atoms with Gasteiger partial charge in [-0.1, -0.05) is 23.7 Å². The summed E-state index contributed by atoms with van der Waals surface area (Å²) in [6.45, 7) is 0.586. The minimum absolute atomic E-state index is 0.0164. The Bertz CT molecular complexity index is 590. The predicted octanol–water partition coefficient (Wildman–Crippen LogP) is 3.19. The van der Waals surface area contributed by atoms with Gasteiger partial charge in [-0.15, -0.1) is 0 Å². The Morgan fingerprint density at radius 3 is 2.65 bits per heavy atom. The molecule has 2 aromatic rings. The number of phenols is 1. The van der Waals surface area contributed by atoms with E-state index in [1.54, 1.807) is 6.07 Å². The third-order valence-electron chi connectivity index (χ3n) is 3.73. The lowest BCUT2D eigenvalue weighted by Gasteiger charge is -2.17. The van der Waals surface area contributed by atoms with Crippen LogP contribution in [-0.2, 0) is 5.41 Å². The van der Waals surface area contributed by atoms with Crippen LogP contribution in [0.5, 0.6) is 5.75 Å². The first-order valence-corrected chi connectivity index (χ1v) is 6.16. The molecule has 3 rings (SSSR count). The topological polar surface area (TPSA) is 46.2 Å². The van der Waals surface area contributed by atoms with Crippen molar-refractivity contribution in [3.05, 3.63) is 40.9 Å². The van der Waals surface area contributed by atoms with Crippen molar-refractivity contribution in [1.82, 2.24) is 0 Å². The molecule has 0 bridgehead atoms. The summed E-state index contributed by atoms with van der Waals surface area (Å²) >= 11 is 5.99. The van der Waals surface area contributed by atoms with Crippen molar-refractivity contribution < 1.29 is 5.11 Å². The summed E-state index contributed by atoms with van der Waals surface area (Å²) < 4.78 is 0. The molecule has 0 radical (unpaired) electrons. The van der Waals surface area contributed by atoms with Crippen LogP contribution in [-0.4, -0.2) is 11.7 Å². The maximum absolute atomic E-state index is 10.1.